The van der Waals surface area contributed by atoms with Gasteiger partial charge in [-0.25, -0.2) is 9.97 Å². The molecule has 0 saturated carbocycles. The van der Waals surface area contributed by atoms with Crippen molar-refractivity contribution < 1.29 is 0 Å². The maximum atomic E-state index is 5.71. The van der Waals surface area contributed by atoms with Gasteiger partial charge in [0.25, 0.3) is 0 Å². The summed E-state index contributed by atoms with van der Waals surface area (Å²) in [5, 5.41) is 8.55. The Morgan fingerprint density at radius 1 is 1.43 bits per heavy atom. The molecule has 0 aromatic carbocycles. The van der Waals surface area contributed by atoms with Crippen molar-refractivity contribution in [3.63, 3.8) is 0 Å². The van der Waals surface area contributed by atoms with Crippen molar-refractivity contribution in [1.82, 2.24) is 20.2 Å². The fraction of sp³-hybridized carbons (Fsp3) is 0. The predicted molar refractivity (Wildman–Crippen MR) is 55.5 cm³/mol. The van der Waals surface area contributed by atoms with E-state index in [2.05, 4.69) is 20.2 Å². The summed E-state index contributed by atoms with van der Waals surface area (Å²) >= 11 is 8.49. The topological polar surface area (TPSA) is 77.6 Å². The number of aromatic nitrogens is 4. The average Bonchev–Trinajstić information content (AvgIpc) is 2.54. The van der Waals surface area contributed by atoms with E-state index >= 15 is 0 Å². The van der Waals surface area contributed by atoms with Crippen LogP contribution in [0.4, 0.5) is 5.95 Å². The smallest absolute Gasteiger partial charge is 0.222 e. The highest BCUT2D eigenvalue weighted by Crippen LogP contribution is 2.28. The molecule has 2 aromatic heterocycles. The Bertz CT molecular complexity index is 412. The van der Waals surface area contributed by atoms with Crippen molar-refractivity contribution in [3.05, 3.63) is 16.7 Å². The average molecular weight is 246 g/mol. The molecule has 0 atom stereocenters. The molecule has 0 aliphatic carbocycles. The van der Waals surface area contributed by atoms with Gasteiger partial charge in [0.1, 0.15) is 15.7 Å². The van der Waals surface area contributed by atoms with E-state index in [-0.39, 0.29) is 5.95 Å². The molecular weight excluding hydrogens is 242 g/mol. The van der Waals surface area contributed by atoms with Crippen LogP contribution >= 0.6 is 34.7 Å². The van der Waals surface area contributed by atoms with Crippen LogP contribution in [0.2, 0.25) is 5.15 Å². The van der Waals surface area contributed by atoms with E-state index in [1.807, 2.05) is 0 Å². The summed E-state index contributed by atoms with van der Waals surface area (Å²) in [6.07, 6.45) is 0. The molecule has 0 amide bonds. The summed E-state index contributed by atoms with van der Waals surface area (Å²) in [4.78, 5) is 7.74. The highest BCUT2D eigenvalue weighted by Gasteiger charge is 2.04. The maximum absolute atomic E-state index is 5.71. The summed E-state index contributed by atoms with van der Waals surface area (Å²) in [5.74, 6) is 0.157. The Labute approximate surface area is 92.7 Å². The molecule has 2 aromatic rings. The first kappa shape index (κ1) is 9.63. The summed E-state index contributed by atoms with van der Waals surface area (Å²) in [7, 11) is 0. The molecule has 0 saturated heterocycles. The van der Waals surface area contributed by atoms with Crippen LogP contribution in [0, 0.1) is 0 Å². The first-order valence-electron chi connectivity index (χ1n) is 3.48. The van der Waals surface area contributed by atoms with Gasteiger partial charge in [-0.3, -0.25) is 0 Å². The minimum Gasteiger partial charge on any atom is -0.368 e. The van der Waals surface area contributed by atoms with Crippen LogP contribution in [-0.2, 0) is 0 Å². The van der Waals surface area contributed by atoms with E-state index < -0.39 is 0 Å². The van der Waals surface area contributed by atoms with Crippen molar-refractivity contribution in [1.29, 1.82) is 0 Å². The number of nitrogens with zero attached hydrogens (tertiary/aromatic N) is 4. The lowest BCUT2D eigenvalue weighted by atomic mass is 10.7. The van der Waals surface area contributed by atoms with Crippen molar-refractivity contribution in [2.45, 2.75) is 9.37 Å². The highest BCUT2D eigenvalue weighted by atomic mass is 35.5. The fourth-order valence-corrected chi connectivity index (χ4v) is 2.45. The zero-order valence-corrected chi connectivity index (χ0v) is 9.10. The van der Waals surface area contributed by atoms with Gasteiger partial charge in [0.2, 0.25) is 5.95 Å². The van der Waals surface area contributed by atoms with Crippen LogP contribution in [0.5, 0.6) is 0 Å². The summed E-state index contributed by atoms with van der Waals surface area (Å²) in [5.41, 5.74) is 7.08. The molecular formula is C6H4ClN5S2. The molecule has 72 valence electrons. The summed E-state index contributed by atoms with van der Waals surface area (Å²) in [6.45, 7) is 0. The third-order valence-corrected chi connectivity index (χ3v) is 3.11. The third-order valence-electron chi connectivity index (χ3n) is 1.22. The first-order chi connectivity index (χ1) is 6.74. The van der Waals surface area contributed by atoms with Crippen LogP contribution in [0.15, 0.2) is 20.9 Å². The molecule has 2 N–H and O–H groups in total. The Kier molecular flexibility index (Phi) is 2.80. The second-order valence-electron chi connectivity index (χ2n) is 2.19. The van der Waals surface area contributed by atoms with E-state index in [1.165, 1.54) is 23.1 Å². The van der Waals surface area contributed by atoms with Gasteiger partial charge in [0.15, 0.2) is 4.34 Å². The van der Waals surface area contributed by atoms with E-state index in [4.69, 9.17) is 17.3 Å². The lowest BCUT2D eigenvalue weighted by molar-refractivity contribution is 1.00. The van der Waals surface area contributed by atoms with E-state index in [9.17, 15) is 0 Å². The largest absolute Gasteiger partial charge is 0.368 e. The Balaban J connectivity index is 2.25. The quantitative estimate of drug-likeness (QED) is 0.812. The molecule has 0 bridgehead atoms. The number of halogens is 1. The Morgan fingerprint density at radius 3 is 2.93 bits per heavy atom. The molecule has 14 heavy (non-hydrogen) atoms. The number of rotatable bonds is 2. The van der Waals surface area contributed by atoms with Gasteiger partial charge in [-0.1, -0.05) is 22.9 Å². The van der Waals surface area contributed by atoms with E-state index in [0.717, 1.165) is 4.34 Å². The standard InChI is InChI=1S/C6H4ClN5S2/c7-3-1-4(11-5(8)10-3)14-6-12-9-2-13-6/h1-2H,(H2,8,10,11). The second-order valence-corrected chi connectivity index (χ2v) is 4.68. The predicted octanol–water partition coefficient (Wildman–Crippen LogP) is 1.71. The SMILES string of the molecule is Nc1nc(Cl)cc(Sc2nncs2)n1. The number of hydrogen-bond donors (Lipinski definition) is 1. The van der Waals surface area contributed by atoms with Crippen LogP contribution < -0.4 is 5.73 Å². The lowest BCUT2D eigenvalue weighted by Gasteiger charge is -1.98. The van der Waals surface area contributed by atoms with Crippen LogP contribution in [-0.4, -0.2) is 20.2 Å². The van der Waals surface area contributed by atoms with Crippen molar-refractivity contribution in [2.75, 3.05) is 5.73 Å². The van der Waals surface area contributed by atoms with Crippen LogP contribution in [0.3, 0.4) is 0 Å². The normalized spacial score (nSPS) is 10.4. The molecule has 0 unspecified atom stereocenters. The highest BCUT2D eigenvalue weighted by molar-refractivity contribution is 8.00. The molecule has 2 rings (SSSR count). The minimum absolute atomic E-state index is 0.157. The third kappa shape index (κ3) is 2.31. The number of nitrogen functional groups attached to an aromatic ring is 1. The summed E-state index contributed by atoms with van der Waals surface area (Å²) < 4.78 is 0.791. The molecule has 5 nitrogen and oxygen atoms in total. The minimum atomic E-state index is 0.157. The molecule has 0 spiro atoms. The molecule has 8 heteroatoms. The van der Waals surface area contributed by atoms with E-state index in [1.54, 1.807) is 11.6 Å². The monoisotopic (exact) mass is 245 g/mol. The zero-order valence-electron chi connectivity index (χ0n) is 6.72. The van der Waals surface area contributed by atoms with Gasteiger partial charge in [-0.15, -0.1) is 10.2 Å². The number of anilines is 1. The summed E-state index contributed by atoms with van der Waals surface area (Å²) in [6, 6.07) is 1.63. The first-order valence-corrected chi connectivity index (χ1v) is 5.55. The van der Waals surface area contributed by atoms with Gasteiger partial charge in [0.05, 0.1) is 0 Å². The van der Waals surface area contributed by atoms with Crippen molar-refractivity contribution >= 4 is 40.6 Å². The van der Waals surface area contributed by atoms with Gasteiger partial charge >= 0.3 is 0 Å². The molecule has 0 aliphatic rings. The van der Waals surface area contributed by atoms with E-state index in [0.29, 0.717) is 10.2 Å². The Hall–Kier alpha value is -0.920. The van der Waals surface area contributed by atoms with Gasteiger partial charge in [-0.05, 0) is 11.8 Å². The molecule has 0 fully saturated rings. The van der Waals surface area contributed by atoms with Crippen LogP contribution in [0.1, 0.15) is 0 Å². The second kappa shape index (κ2) is 4.07. The van der Waals surface area contributed by atoms with Gasteiger partial charge in [-0.2, -0.15) is 0 Å². The van der Waals surface area contributed by atoms with Gasteiger partial charge < -0.3 is 5.73 Å². The van der Waals surface area contributed by atoms with Crippen LogP contribution in [0.25, 0.3) is 0 Å². The Morgan fingerprint density at radius 2 is 2.29 bits per heavy atom. The van der Waals surface area contributed by atoms with Crippen molar-refractivity contribution in [2.24, 2.45) is 0 Å². The lowest BCUT2D eigenvalue weighted by Crippen LogP contribution is -1.95. The fourth-order valence-electron chi connectivity index (χ4n) is 0.763. The van der Waals surface area contributed by atoms with Crippen molar-refractivity contribution in [3.8, 4) is 0 Å². The number of hydrogen-bond acceptors (Lipinski definition) is 7. The maximum Gasteiger partial charge on any atom is 0.222 e. The zero-order chi connectivity index (χ0) is 9.97. The van der Waals surface area contributed by atoms with Gasteiger partial charge in [0, 0.05) is 6.07 Å². The molecule has 0 aliphatic heterocycles. The number of nitrogens with two attached hydrogens (primary N) is 1. The molecule has 0 radical (unpaired) electrons. The molecule has 2 heterocycles.